The quantitative estimate of drug-likeness (QED) is 0.461. The van der Waals surface area contributed by atoms with Crippen molar-refractivity contribution in [1.82, 2.24) is 4.98 Å². The van der Waals surface area contributed by atoms with Gasteiger partial charge < -0.3 is 9.47 Å². The third kappa shape index (κ3) is 3.12. The van der Waals surface area contributed by atoms with Gasteiger partial charge in [-0.1, -0.05) is 0 Å². The molecule has 0 atom stereocenters. The second kappa shape index (κ2) is 6.03. The molecule has 9 heteroatoms. The van der Waals surface area contributed by atoms with Gasteiger partial charge in [0.15, 0.2) is 0 Å². The van der Waals surface area contributed by atoms with E-state index in [0.29, 0.717) is 0 Å². The van der Waals surface area contributed by atoms with Gasteiger partial charge in [0.2, 0.25) is 5.75 Å². The van der Waals surface area contributed by atoms with Crippen molar-refractivity contribution < 1.29 is 28.0 Å². The Kier molecular flexibility index (Phi) is 4.67. The van der Waals surface area contributed by atoms with E-state index in [1.807, 2.05) is 0 Å². The van der Waals surface area contributed by atoms with Crippen LogP contribution in [0.5, 0.6) is 5.75 Å². The Hall–Kier alpha value is -2.32. The number of methoxy groups -OCH3 is 2. The summed E-state index contributed by atoms with van der Waals surface area (Å²) in [6.07, 6.45) is -2.92. The number of pyridine rings is 1. The van der Waals surface area contributed by atoms with Gasteiger partial charge in [0.25, 0.3) is 6.43 Å². The van der Waals surface area contributed by atoms with Gasteiger partial charge in [-0.2, -0.15) is 0 Å². The lowest BCUT2D eigenvalue weighted by atomic mass is 10.1. The van der Waals surface area contributed by atoms with Gasteiger partial charge in [-0.05, 0) is 0 Å². The highest BCUT2D eigenvalue weighted by Gasteiger charge is 2.30. The van der Waals surface area contributed by atoms with Gasteiger partial charge in [-0.15, -0.1) is 0 Å². The Balaban J connectivity index is 3.48. The maximum Gasteiger partial charge on any atom is 0.318 e. The van der Waals surface area contributed by atoms with Crippen LogP contribution in [0, 0.1) is 10.1 Å². The van der Waals surface area contributed by atoms with Crippen molar-refractivity contribution in [3.05, 3.63) is 27.6 Å². The number of nitro groups is 1. The van der Waals surface area contributed by atoms with E-state index in [0.717, 1.165) is 20.4 Å². The molecule has 7 nitrogen and oxygen atoms in total. The second-order valence-electron chi connectivity index (χ2n) is 3.35. The molecular formula is C10H10F2N2O5. The van der Waals surface area contributed by atoms with Crippen molar-refractivity contribution in [2.24, 2.45) is 0 Å². The van der Waals surface area contributed by atoms with E-state index in [9.17, 15) is 23.7 Å². The topological polar surface area (TPSA) is 91.6 Å². The summed E-state index contributed by atoms with van der Waals surface area (Å²) >= 11 is 0. The molecule has 1 aromatic heterocycles. The standard InChI is InChI=1S/C10H10F2N2O5/c1-18-6-4-13-8(10(11)12)5(3-7(15)19-2)9(6)14(16)17/h4,10H,3H2,1-2H3. The zero-order chi connectivity index (χ0) is 14.6. The number of ether oxygens (including phenoxy) is 2. The average Bonchev–Trinajstić information content (AvgIpc) is 2.36. The van der Waals surface area contributed by atoms with Crippen molar-refractivity contribution in [3.63, 3.8) is 0 Å². The summed E-state index contributed by atoms with van der Waals surface area (Å²) in [6.45, 7) is 0. The molecule has 0 spiro atoms. The molecule has 1 rings (SSSR count). The molecule has 19 heavy (non-hydrogen) atoms. The number of hydrogen-bond acceptors (Lipinski definition) is 6. The lowest BCUT2D eigenvalue weighted by Gasteiger charge is -2.10. The van der Waals surface area contributed by atoms with Gasteiger partial charge in [0, 0.05) is 0 Å². The average molecular weight is 276 g/mol. The third-order valence-electron chi connectivity index (χ3n) is 2.31. The fraction of sp³-hybridized carbons (Fsp3) is 0.400. The van der Waals surface area contributed by atoms with Crippen LogP contribution < -0.4 is 4.74 Å². The summed E-state index contributed by atoms with van der Waals surface area (Å²) in [5.74, 6) is -1.19. The first-order valence-electron chi connectivity index (χ1n) is 4.97. The van der Waals surface area contributed by atoms with Crippen LogP contribution in [0.4, 0.5) is 14.5 Å². The smallest absolute Gasteiger partial charge is 0.318 e. The molecule has 0 unspecified atom stereocenters. The predicted molar refractivity (Wildman–Crippen MR) is 58.1 cm³/mol. The number of esters is 1. The summed E-state index contributed by atoms with van der Waals surface area (Å²) < 4.78 is 34.6. The summed E-state index contributed by atoms with van der Waals surface area (Å²) in [6, 6.07) is 0. The first-order valence-corrected chi connectivity index (χ1v) is 4.97. The molecule has 1 heterocycles. The molecule has 0 bridgehead atoms. The summed E-state index contributed by atoms with van der Waals surface area (Å²) in [5.41, 5.74) is -2.05. The van der Waals surface area contributed by atoms with Crippen LogP contribution in [0.2, 0.25) is 0 Å². The number of nitrogens with zero attached hydrogens (tertiary/aromatic N) is 2. The van der Waals surface area contributed by atoms with Gasteiger partial charge in [-0.3, -0.25) is 19.9 Å². The Labute approximate surface area is 106 Å². The fourth-order valence-electron chi connectivity index (χ4n) is 1.47. The number of rotatable bonds is 5. The van der Waals surface area contributed by atoms with E-state index in [4.69, 9.17) is 4.74 Å². The molecule has 1 aromatic rings. The normalized spacial score (nSPS) is 10.4. The van der Waals surface area contributed by atoms with Crippen LogP contribution in [-0.2, 0) is 16.0 Å². The van der Waals surface area contributed by atoms with Crippen molar-refractivity contribution in [2.45, 2.75) is 12.8 Å². The third-order valence-corrected chi connectivity index (χ3v) is 2.31. The van der Waals surface area contributed by atoms with E-state index in [1.165, 1.54) is 0 Å². The first kappa shape index (κ1) is 14.7. The zero-order valence-electron chi connectivity index (χ0n) is 10.1. The van der Waals surface area contributed by atoms with Crippen LogP contribution in [0.25, 0.3) is 0 Å². The van der Waals surface area contributed by atoms with Gasteiger partial charge in [0.05, 0.1) is 37.3 Å². The second-order valence-corrected chi connectivity index (χ2v) is 3.35. The monoisotopic (exact) mass is 276 g/mol. The summed E-state index contributed by atoms with van der Waals surface area (Å²) in [4.78, 5) is 24.6. The molecule has 0 radical (unpaired) electrons. The number of aromatic nitrogens is 1. The Morgan fingerprint density at radius 1 is 1.53 bits per heavy atom. The number of carbonyl (C=O) groups excluding carboxylic acids is 1. The molecule has 0 amide bonds. The minimum absolute atomic E-state index is 0.298. The van der Waals surface area contributed by atoms with Crippen molar-refractivity contribution >= 4 is 11.7 Å². The van der Waals surface area contributed by atoms with E-state index < -0.39 is 40.7 Å². The number of halogens is 2. The van der Waals surface area contributed by atoms with Crippen LogP contribution in [0.15, 0.2) is 6.20 Å². The van der Waals surface area contributed by atoms with Crippen molar-refractivity contribution in [1.29, 1.82) is 0 Å². The summed E-state index contributed by atoms with van der Waals surface area (Å²) in [5, 5.41) is 10.9. The molecule has 104 valence electrons. The Bertz CT molecular complexity index is 507. The number of carbonyl (C=O) groups is 1. The number of alkyl halides is 2. The zero-order valence-corrected chi connectivity index (χ0v) is 10.1. The van der Waals surface area contributed by atoms with Gasteiger partial charge >= 0.3 is 11.7 Å². The lowest BCUT2D eigenvalue weighted by Crippen LogP contribution is -2.12. The van der Waals surface area contributed by atoms with Gasteiger partial charge in [0.1, 0.15) is 5.69 Å². The Morgan fingerprint density at radius 2 is 2.16 bits per heavy atom. The molecule has 0 saturated carbocycles. The molecule has 0 aliphatic rings. The summed E-state index contributed by atoms with van der Waals surface area (Å²) in [7, 11) is 2.18. The minimum Gasteiger partial charge on any atom is -0.489 e. The lowest BCUT2D eigenvalue weighted by molar-refractivity contribution is -0.386. The van der Waals surface area contributed by atoms with E-state index in [2.05, 4.69) is 9.72 Å². The van der Waals surface area contributed by atoms with Gasteiger partial charge in [-0.25, -0.2) is 8.78 Å². The maximum absolute atomic E-state index is 12.8. The predicted octanol–water partition coefficient (Wildman–Crippen LogP) is 1.65. The van der Waals surface area contributed by atoms with E-state index >= 15 is 0 Å². The van der Waals surface area contributed by atoms with Crippen LogP contribution >= 0.6 is 0 Å². The van der Waals surface area contributed by atoms with Crippen LogP contribution in [0.3, 0.4) is 0 Å². The molecular weight excluding hydrogens is 266 g/mol. The highest BCUT2D eigenvalue weighted by atomic mass is 19.3. The largest absolute Gasteiger partial charge is 0.489 e. The molecule has 0 saturated heterocycles. The van der Waals surface area contributed by atoms with Crippen molar-refractivity contribution in [2.75, 3.05) is 14.2 Å². The highest BCUT2D eigenvalue weighted by molar-refractivity contribution is 5.75. The minimum atomic E-state index is -3.05. The molecule has 0 fully saturated rings. The van der Waals surface area contributed by atoms with Crippen LogP contribution in [0.1, 0.15) is 17.7 Å². The molecule has 0 aliphatic heterocycles. The SMILES string of the molecule is COC(=O)Cc1c(C(F)F)ncc(OC)c1[N+](=O)[O-]. The highest BCUT2D eigenvalue weighted by Crippen LogP contribution is 2.35. The van der Waals surface area contributed by atoms with Crippen LogP contribution in [-0.4, -0.2) is 30.1 Å². The van der Waals surface area contributed by atoms with Crippen molar-refractivity contribution in [3.8, 4) is 5.75 Å². The Morgan fingerprint density at radius 3 is 2.58 bits per heavy atom. The molecule has 0 aromatic carbocycles. The first-order chi connectivity index (χ1) is 8.92. The van der Waals surface area contributed by atoms with E-state index in [-0.39, 0.29) is 5.75 Å². The maximum atomic E-state index is 12.8. The van der Waals surface area contributed by atoms with E-state index in [1.54, 1.807) is 0 Å². The molecule has 0 aliphatic carbocycles. The molecule has 0 N–H and O–H groups in total. The fourth-order valence-corrected chi connectivity index (χ4v) is 1.47. The number of hydrogen-bond donors (Lipinski definition) is 0.